The molecule has 0 aliphatic carbocycles. The van der Waals surface area contributed by atoms with Crippen LogP contribution in [0.4, 0.5) is 21.9 Å². The van der Waals surface area contributed by atoms with Gasteiger partial charge in [-0.25, -0.2) is 4.79 Å². The first-order chi connectivity index (χ1) is 14.8. The normalized spacial score (nSPS) is 15.4. The molecule has 31 heavy (non-hydrogen) atoms. The molecule has 2 heterocycles. The Morgan fingerprint density at radius 1 is 1.03 bits per heavy atom. The van der Waals surface area contributed by atoms with Crippen molar-refractivity contribution in [2.75, 3.05) is 21.7 Å². The van der Waals surface area contributed by atoms with Gasteiger partial charge in [0, 0.05) is 19.2 Å². The number of nitrogens with zero attached hydrogens (tertiary/aromatic N) is 2. The first-order valence-corrected chi connectivity index (χ1v) is 9.81. The number of anilines is 3. The second-order valence-corrected chi connectivity index (χ2v) is 7.40. The van der Waals surface area contributed by atoms with Crippen molar-refractivity contribution in [2.24, 2.45) is 5.73 Å². The zero-order valence-corrected chi connectivity index (χ0v) is 17.2. The summed E-state index contributed by atoms with van der Waals surface area (Å²) >= 11 is 0. The quantitative estimate of drug-likeness (QED) is 0.673. The molecule has 0 fully saturated rings. The van der Waals surface area contributed by atoms with Gasteiger partial charge in [-0.2, -0.15) is 0 Å². The predicted octanol–water partition coefficient (Wildman–Crippen LogP) is 3.84. The molecular formula is C23H22N4O4. The van der Waals surface area contributed by atoms with Gasteiger partial charge in [-0.15, -0.1) is 0 Å². The molecule has 8 nitrogen and oxygen atoms in total. The second kappa shape index (κ2) is 7.98. The van der Waals surface area contributed by atoms with E-state index in [0.717, 1.165) is 11.1 Å². The highest BCUT2D eigenvalue weighted by Crippen LogP contribution is 2.39. The van der Waals surface area contributed by atoms with E-state index < -0.39 is 6.03 Å². The van der Waals surface area contributed by atoms with Crippen molar-refractivity contribution in [3.05, 3.63) is 66.6 Å². The van der Waals surface area contributed by atoms with E-state index in [1.807, 2.05) is 37.3 Å². The van der Waals surface area contributed by atoms with Crippen molar-refractivity contribution in [2.45, 2.75) is 19.9 Å². The molecule has 0 saturated carbocycles. The van der Waals surface area contributed by atoms with Gasteiger partial charge in [0.15, 0.2) is 5.76 Å². The molecule has 1 unspecified atom stereocenters. The molecule has 0 radical (unpaired) electrons. The topological polar surface area (TPSA) is 109 Å². The molecule has 3 aromatic rings. The molecule has 8 heteroatoms. The molecule has 1 aliphatic heterocycles. The van der Waals surface area contributed by atoms with Gasteiger partial charge in [0.25, 0.3) is 5.91 Å². The van der Waals surface area contributed by atoms with Gasteiger partial charge in [-0.05, 0) is 54.4 Å². The lowest BCUT2D eigenvalue weighted by Gasteiger charge is -2.40. The van der Waals surface area contributed by atoms with Crippen molar-refractivity contribution in [3.63, 3.8) is 0 Å². The van der Waals surface area contributed by atoms with Crippen LogP contribution in [0.15, 0.2) is 65.3 Å². The predicted molar refractivity (Wildman–Crippen MR) is 118 cm³/mol. The second-order valence-electron chi connectivity index (χ2n) is 7.40. The highest BCUT2D eigenvalue weighted by atomic mass is 16.3. The van der Waals surface area contributed by atoms with Crippen LogP contribution in [-0.4, -0.2) is 30.4 Å². The zero-order valence-electron chi connectivity index (χ0n) is 17.2. The SMILES string of the molecule is CC(=O)N1c2ccc(-c3ccc(NC(N)=O)cc3)cc2N(C(=O)c2ccco2)CC1C. The third kappa shape index (κ3) is 3.87. The number of benzene rings is 2. The van der Waals surface area contributed by atoms with Crippen molar-refractivity contribution in [1.82, 2.24) is 0 Å². The van der Waals surface area contributed by atoms with Crippen molar-refractivity contribution >= 4 is 34.9 Å². The molecule has 158 valence electrons. The van der Waals surface area contributed by atoms with E-state index in [1.54, 1.807) is 34.1 Å². The van der Waals surface area contributed by atoms with Crippen LogP contribution < -0.4 is 20.9 Å². The minimum absolute atomic E-state index is 0.0894. The molecule has 4 rings (SSSR count). The maximum atomic E-state index is 13.1. The Bertz CT molecular complexity index is 1140. The first-order valence-electron chi connectivity index (χ1n) is 9.81. The summed E-state index contributed by atoms with van der Waals surface area (Å²) in [5, 5.41) is 2.53. The number of fused-ring (bicyclic) bond motifs is 1. The van der Waals surface area contributed by atoms with Crippen molar-refractivity contribution in [3.8, 4) is 11.1 Å². The minimum Gasteiger partial charge on any atom is -0.459 e. The Balaban J connectivity index is 1.77. The van der Waals surface area contributed by atoms with Crippen LogP contribution in [0.25, 0.3) is 11.1 Å². The number of nitrogens with two attached hydrogens (primary N) is 1. The van der Waals surface area contributed by atoms with Crippen molar-refractivity contribution < 1.29 is 18.8 Å². The lowest BCUT2D eigenvalue weighted by molar-refractivity contribution is -0.117. The number of hydrogen-bond acceptors (Lipinski definition) is 4. The van der Waals surface area contributed by atoms with Gasteiger partial charge in [-0.3, -0.25) is 9.59 Å². The molecule has 0 spiro atoms. The van der Waals surface area contributed by atoms with E-state index in [1.165, 1.54) is 13.2 Å². The average Bonchev–Trinajstić information content (AvgIpc) is 3.27. The highest BCUT2D eigenvalue weighted by molar-refractivity contribution is 6.10. The van der Waals surface area contributed by atoms with Crippen LogP contribution in [0.2, 0.25) is 0 Å². The summed E-state index contributed by atoms with van der Waals surface area (Å²) < 4.78 is 5.32. The number of rotatable bonds is 3. The summed E-state index contributed by atoms with van der Waals surface area (Å²) in [5.41, 5.74) is 8.78. The van der Waals surface area contributed by atoms with Crippen LogP contribution in [0.3, 0.4) is 0 Å². The molecular weight excluding hydrogens is 396 g/mol. The third-order valence-corrected chi connectivity index (χ3v) is 5.22. The van der Waals surface area contributed by atoms with E-state index in [4.69, 9.17) is 10.2 Å². The molecule has 0 saturated heterocycles. The number of urea groups is 1. The van der Waals surface area contributed by atoms with E-state index in [2.05, 4.69) is 5.32 Å². The summed E-state index contributed by atoms with van der Waals surface area (Å²) in [4.78, 5) is 39.8. The van der Waals surface area contributed by atoms with Gasteiger partial charge in [-0.1, -0.05) is 18.2 Å². The first kappa shape index (κ1) is 20.2. The Morgan fingerprint density at radius 3 is 2.35 bits per heavy atom. The summed E-state index contributed by atoms with van der Waals surface area (Å²) in [6.45, 7) is 3.77. The molecule has 4 amide bonds. The third-order valence-electron chi connectivity index (χ3n) is 5.22. The average molecular weight is 418 g/mol. The Hall–Kier alpha value is -4.07. The monoisotopic (exact) mass is 418 g/mol. The zero-order chi connectivity index (χ0) is 22.1. The fourth-order valence-electron chi connectivity index (χ4n) is 3.90. The highest BCUT2D eigenvalue weighted by Gasteiger charge is 2.34. The smallest absolute Gasteiger partial charge is 0.316 e. The summed E-state index contributed by atoms with van der Waals surface area (Å²) in [6, 6.07) is 15.3. The van der Waals surface area contributed by atoms with Crippen LogP contribution >= 0.6 is 0 Å². The Kier molecular flexibility index (Phi) is 5.21. The molecule has 1 aromatic heterocycles. The van der Waals surface area contributed by atoms with Gasteiger partial charge < -0.3 is 25.3 Å². The van der Waals surface area contributed by atoms with Crippen LogP contribution in [-0.2, 0) is 4.79 Å². The molecule has 1 atom stereocenters. The summed E-state index contributed by atoms with van der Waals surface area (Å²) in [5.74, 6) is -0.116. The summed E-state index contributed by atoms with van der Waals surface area (Å²) in [6.07, 6.45) is 1.46. The maximum Gasteiger partial charge on any atom is 0.316 e. The van der Waals surface area contributed by atoms with E-state index in [-0.39, 0.29) is 23.6 Å². The fraction of sp³-hybridized carbons (Fsp3) is 0.174. The molecule has 1 aliphatic rings. The molecule has 3 N–H and O–H groups in total. The molecule has 2 aromatic carbocycles. The number of primary amides is 1. The van der Waals surface area contributed by atoms with Gasteiger partial charge >= 0.3 is 6.03 Å². The maximum absolute atomic E-state index is 13.1. The van der Waals surface area contributed by atoms with Gasteiger partial charge in [0.2, 0.25) is 5.91 Å². The lowest BCUT2D eigenvalue weighted by Crippen LogP contribution is -2.51. The van der Waals surface area contributed by atoms with Gasteiger partial charge in [0.1, 0.15) is 0 Å². The standard InChI is InChI=1S/C23H22N4O4/c1-14-13-26(22(29)21-4-3-11-31-21)20-12-17(7-10-19(20)27(14)15(2)28)16-5-8-18(9-6-16)25-23(24)30/h3-12,14H,13H2,1-2H3,(H3,24,25,30). The van der Waals surface area contributed by atoms with Crippen LogP contribution in [0, 0.1) is 0 Å². The number of amides is 4. The van der Waals surface area contributed by atoms with Crippen LogP contribution in [0.1, 0.15) is 24.4 Å². The van der Waals surface area contributed by atoms with E-state index in [0.29, 0.717) is 23.6 Å². The largest absolute Gasteiger partial charge is 0.459 e. The molecule has 0 bridgehead atoms. The summed E-state index contributed by atoms with van der Waals surface area (Å²) in [7, 11) is 0. The van der Waals surface area contributed by atoms with E-state index >= 15 is 0 Å². The van der Waals surface area contributed by atoms with Crippen molar-refractivity contribution in [1.29, 1.82) is 0 Å². The number of carbonyl (C=O) groups excluding carboxylic acids is 3. The van der Waals surface area contributed by atoms with Crippen LogP contribution in [0.5, 0.6) is 0 Å². The number of hydrogen-bond donors (Lipinski definition) is 2. The number of nitrogens with one attached hydrogen (secondary N) is 1. The van der Waals surface area contributed by atoms with Gasteiger partial charge in [0.05, 0.1) is 23.7 Å². The number of furan rings is 1. The number of carbonyl (C=O) groups is 3. The minimum atomic E-state index is -0.632. The fourth-order valence-corrected chi connectivity index (χ4v) is 3.90. The Morgan fingerprint density at radius 2 is 1.74 bits per heavy atom. The Labute approximate surface area is 179 Å². The van der Waals surface area contributed by atoms with E-state index in [9.17, 15) is 14.4 Å². The lowest BCUT2D eigenvalue weighted by atomic mass is 10.00.